The molecule has 110 valence electrons. The van der Waals surface area contributed by atoms with E-state index in [1.807, 2.05) is 19.9 Å². The van der Waals surface area contributed by atoms with Crippen molar-refractivity contribution in [2.24, 2.45) is 0 Å². The molecule has 0 aromatic heterocycles. The van der Waals surface area contributed by atoms with Gasteiger partial charge in [0.05, 0.1) is 16.5 Å². The van der Waals surface area contributed by atoms with Crippen molar-refractivity contribution in [1.82, 2.24) is 9.62 Å². The maximum Gasteiger partial charge on any atom is 0.243 e. The Balaban J connectivity index is 0.00000200. The molecular weight excluding hydrogens is 298 g/mol. The van der Waals surface area contributed by atoms with Crippen LogP contribution in [0.25, 0.3) is 0 Å². The third-order valence-corrected chi connectivity index (χ3v) is 5.53. The fraction of sp³-hybridized carbons (Fsp3) is 0.462. The highest BCUT2D eigenvalue weighted by atomic mass is 35.5. The van der Waals surface area contributed by atoms with Crippen LogP contribution in [-0.2, 0) is 10.0 Å². The summed E-state index contributed by atoms with van der Waals surface area (Å²) in [4.78, 5) is 0.188. The summed E-state index contributed by atoms with van der Waals surface area (Å²) in [6.07, 6.45) is 0. The van der Waals surface area contributed by atoms with Crippen molar-refractivity contribution in [3.05, 3.63) is 29.8 Å². The summed E-state index contributed by atoms with van der Waals surface area (Å²) in [7, 11) is -3.53. The molecular formula is C13H18ClN3O2S. The molecule has 1 aliphatic heterocycles. The van der Waals surface area contributed by atoms with E-state index < -0.39 is 10.0 Å². The second kappa shape index (κ2) is 6.55. The zero-order valence-electron chi connectivity index (χ0n) is 11.4. The third kappa shape index (κ3) is 3.13. The number of halogens is 1. The molecule has 7 heteroatoms. The summed E-state index contributed by atoms with van der Waals surface area (Å²) < 4.78 is 26.7. The number of nitriles is 1. The lowest BCUT2D eigenvalue weighted by molar-refractivity contribution is 0.233. The molecule has 1 saturated heterocycles. The monoisotopic (exact) mass is 315 g/mol. The van der Waals surface area contributed by atoms with Gasteiger partial charge in [0.25, 0.3) is 0 Å². The molecule has 2 unspecified atom stereocenters. The van der Waals surface area contributed by atoms with Gasteiger partial charge in [0, 0.05) is 25.2 Å². The molecule has 0 amide bonds. The van der Waals surface area contributed by atoms with Crippen molar-refractivity contribution in [2.45, 2.75) is 30.8 Å². The summed E-state index contributed by atoms with van der Waals surface area (Å²) in [6.45, 7) is 4.95. The van der Waals surface area contributed by atoms with Crippen LogP contribution in [0.2, 0.25) is 0 Å². The van der Waals surface area contributed by atoms with Crippen LogP contribution in [0, 0.1) is 11.3 Å². The van der Waals surface area contributed by atoms with E-state index in [1.165, 1.54) is 16.4 Å². The number of piperazine rings is 1. The summed E-state index contributed by atoms with van der Waals surface area (Å²) in [5, 5.41) is 12.1. The normalized spacial score (nSPS) is 23.6. The first-order valence-corrected chi connectivity index (χ1v) is 7.66. The minimum absolute atomic E-state index is 0. The van der Waals surface area contributed by atoms with E-state index >= 15 is 0 Å². The first kappa shape index (κ1) is 16.9. The smallest absolute Gasteiger partial charge is 0.243 e. The van der Waals surface area contributed by atoms with Crippen molar-refractivity contribution in [2.75, 3.05) is 13.1 Å². The van der Waals surface area contributed by atoms with Crippen molar-refractivity contribution >= 4 is 22.4 Å². The number of rotatable bonds is 2. The molecule has 1 aromatic rings. The van der Waals surface area contributed by atoms with Gasteiger partial charge in [-0.2, -0.15) is 9.57 Å². The average Bonchev–Trinajstić information content (AvgIpc) is 2.41. The number of hydrogen-bond donors (Lipinski definition) is 1. The molecule has 20 heavy (non-hydrogen) atoms. The fourth-order valence-electron chi connectivity index (χ4n) is 2.23. The van der Waals surface area contributed by atoms with Gasteiger partial charge in [0.15, 0.2) is 0 Å². The van der Waals surface area contributed by atoms with Crippen LogP contribution < -0.4 is 5.32 Å². The van der Waals surface area contributed by atoms with Gasteiger partial charge in [-0.25, -0.2) is 8.42 Å². The molecule has 0 saturated carbocycles. The van der Waals surface area contributed by atoms with E-state index in [9.17, 15) is 8.42 Å². The van der Waals surface area contributed by atoms with Crippen molar-refractivity contribution in [3.63, 3.8) is 0 Å². The van der Waals surface area contributed by atoms with E-state index in [1.54, 1.807) is 12.1 Å². The van der Waals surface area contributed by atoms with Gasteiger partial charge in [-0.1, -0.05) is 6.07 Å². The van der Waals surface area contributed by atoms with Crippen LogP contribution in [0.15, 0.2) is 29.2 Å². The summed E-state index contributed by atoms with van der Waals surface area (Å²) in [5.41, 5.74) is 0.358. The quantitative estimate of drug-likeness (QED) is 0.894. The molecule has 0 aliphatic carbocycles. The largest absolute Gasteiger partial charge is 0.311 e. The van der Waals surface area contributed by atoms with Crippen LogP contribution in [0.1, 0.15) is 19.4 Å². The van der Waals surface area contributed by atoms with Gasteiger partial charge >= 0.3 is 0 Å². The van der Waals surface area contributed by atoms with E-state index in [2.05, 4.69) is 5.32 Å². The van der Waals surface area contributed by atoms with Gasteiger partial charge in [0.2, 0.25) is 10.0 Å². The Kier molecular flexibility index (Phi) is 5.54. The Labute approximate surface area is 126 Å². The molecule has 1 heterocycles. The van der Waals surface area contributed by atoms with E-state index in [-0.39, 0.29) is 29.4 Å². The van der Waals surface area contributed by atoms with Crippen molar-refractivity contribution in [3.8, 4) is 6.07 Å². The van der Waals surface area contributed by atoms with Gasteiger partial charge in [-0.05, 0) is 32.0 Å². The fourth-order valence-corrected chi connectivity index (χ4v) is 3.98. The topological polar surface area (TPSA) is 73.2 Å². The maximum absolute atomic E-state index is 12.6. The van der Waals surface area contributed by atoms with E-state index in [0.717, 1.165) is 0 Å². The standard InChI is InChI=1S/C13H17N3O2S.ClH/c1-10-11(2)16(7-6-15-10)19(17,18)13-5-3-4-12(8-13)9-14;/h3-5,8,10-11,15H,6-7H2,1-2H3;1H. The Morgan fingerprint density at radius 1 is 1.40 bits per heavy atom. The maximum atomic E-state index is 12.6. The van der Waals surface area contributed by atoms with Gasteiger partial charge in [0.1, 0.15) is 0 Å². The minimum Gasteiger partial charge on any atom is -0.311 e. The second-order valence-electron chi connectivity index (χ2n) is 4.74. The number of nitrogens with one attached hydrogen (secondary N) is 1. The predicted molar refractivity (Wildman–Crippen MR) is 79.2 cm³/mol. The molecule has 1 N–H and O–H groups in total. The number of nitrogens with zero attached hydrogens (tertiary/aromatic N) is 2. The minimum atomic E-state index is -3.53. The van der Waals surface area contributed by atoms with Crippen molar-refractivity contribution in [1.29, 1.82) is 5.26 Å². The molecule has 2 atom stereocenters. The molecule has 0 spiro atoms. The predicted octanol–water partition coefficient (Wildman–Crippen LogP) is 1.35. The molecule has 1 fully saturated rings. The summed E-state index contributed by atoms with van der Waals surface area (Å²) >= 11 is 0. The lowest BCUT2D eigenvalue weighted by atomic mass is 10.1. The molecule has 1 aromatic carbocycles. The Morgan fingerprint density at radius 2 is 2.10 bits per heavy atom. The highest BCUT2D eigenvalue weighted by Gasteiger charge is 2.34. The lowest BCUT2D eigenvalue weighted by Crippen LogP contribution is -2.57. The summed E-state index contributed by atoms with van der Waals surface area (Å²) in [6, 6.07) is 8.14. The second-order valence-corrected chi connectivity index (χ2v) is 6.63. The van der Waals surface area contributed by atoms with Crippen LogP contribution in [0.5, 0.6) is 0 Å². The first-order valence-electron chi connectivity index (χ1n) is 6.22. The Bertz CT molecular complexity index is 612. The molecule has 0 radical (unpaired) electrons. The summed E-state index contributed by atoms with van der Waals surface area (Å²) in [5.74, 6) is 0. The molecule has 5 nitrogen and oxygen atoms in total. The lowest BCUT2D eigenvalue weighted by Gasteiger charge is -2.37. The van der Waals surface area contributed by atoms with Crippen LogP contribution in [0.3, 0.4) is 0 Å². The van der Waals surface area contributed by atoms with Crippen LogP contribution >= 0.6 is 12.4 Å². The molecule has 2 rings (SSSR count). The third-order valence-electron chi connectivity index (χ3n) is 3.55. The van der Waals surface area contributed by atoms with Gasteiger partial charge in [-0.15, -0.1) is 12.4 Å². The average molecular weight is 316 g/mol. The SMILES string of the molecule is CC1NCCN(S(=O)(=O)c2cccc(C#N)c2)C1C.Cl. The zero-order valence-corrected chi connectivity index (χ0v) is 13.0. The number of benzene rings is 1. The highest BCUT2D eigenvalue weighted by Crippen LogP contribution is 2.22. The first-order chi connectivity index (χ1) is 8.96. The van der Waals surface area contributed by atoms with E-state index in [0.29, 0.717) is 18.7 Å². The zero-order chi connectivity index (χ0) is 14.0. The van der Waals surface area contributed by atoms with E-state index in [4.69, 9.17) is 5.26 Å². The van der Waals surface area contributed by atoms with Crippen LogP contribution in [-0.4, -0.2) is 37.9 Å². The van der Waals surface area contributed by atoms with Gasteiger partial charge in [-0.3, -0.25) is 0 Å². The Morgan fingerprint density at radius 3 is 2.75 bits per heavy atom. The highest BCUT2D eigenvalue weighted by molar-refractivity contribution is 7.89. The molecule has 1 aliphatic rings. The van der Waals surface area contributed by atoms with Crippen LogP contribution in [0.4, 0.5) is 0 Å². The number of hydrogen-bond acceptors (Lipinski definition) is 4. The molecule has 0 bridgehead atoms. The Hall–Kier alpha value is -1.13. The van der Waals surface area contributed by atoms with Crippen molar-refractivity contribution < 1.29 is 8.42 Å². The van der Waals surface area contributed by atoms with Gasteiger partial charge < -0.3 is 5.32 Å². The number of sulfonamides is 1.